The van der Waals surface area contributed by atoms with E-state index in [0.29, 0.717) is 18.6 Å². The molecule has 2 aliphatic rings. The third-order valence-electron chi connectivity index (χ3n) is 5.66. The highest BCUT2D eigenvalue weighted by Crippen LogP contribution is 2.39. The molecule has 0 saturated carbocycles. The minimum Gasteiger partial charge on any atom is -0.396 e. The summed E-state index contributed by atoms with van der Waals surface area (Å²) in [5.74, 6) is 0.423. The summed E-state index contributed by atoms with van der Waals surface area (Å²) >= 11 is 0. The van der Waals surface area contributed by atoms with Gasteiger partial charge in [-0.15, -0.1) is 0 Å². The maximum Gasteiger partial charge on any atom is 0.269 e. The van der Waals surface area contributed by atoms with Crippen LogP contribution in [0, 0.1) is 16.0 Å². The van der Waals surface area contributed by atoms with Gasteiger partial charge in [-0.3, -0.25) is 10.1 Å². The van der Waals surface area contributed by atoms with Crippen LogP contribution in [0.4, 0.5) is 5.69 Å². The molecule has 3 rings (SSSR count). The van der Waals surface area contributed by atoms with Gasteiger partial charge >= 0.3 is 0 Å². The molecule has 0 spiro atoms. The van der Waals surface area contributed by atoms with Crippen molar-refractivity contribution in [2.75, 3.05) is 19.7 Å². The number of aliphatic hydroxyl groups excluding tert-OH is 1. The predicted octanol–water partition coefficient (Wildman–Crippen LogP) is 2.87. The van der Waals surface area contributed by atoms with E-state index in [1.807, 2.05) is 12.1 Å². The smallest absolute Gasteiger partial charge is 0.269 e. The second-order valence-electron chi connectivity index (χ2n) is 6.90. The number of aliphatic hydroxyl groups is 1. The van der Waals surface area contributed by atoms with Crippen LogP contribution in [0.3, 0.4) is 0 Å². The van der Waals surface area contributed by atoms with Gasteiger partial charge in [0.1, 0.15) is 6.54 Å². The first-order valence-corrected chi connectivity index (χ1v) is 8.34. The number of piperidine rings is 2. The molecule has 22 heavy (non-hydrogen) atoms. The largest absolute Gasteiger partial charge is 0.396 e. The van der Waals surface area contributed by atoms with Gasteiger partial charge in [-0.05, 0) is 37.8 Å². The van der Waals surface area contributed by atoms with Crippen molar-refractivity contribution in [2.24, 2.45) is 5.92 Å². The number of hydrogen-bond acceptors (Lipinski definition) is 3. The molecule has 1 aromatic rings. The van der Waals surface area contributed by atoms with E-state index in [2.05, 4.69) is 0 Å². The Kier molecular flexibility index (Phi) is 4.45. The van der Waals surface area contributed by atoms with E-state index in [4.69, 9.17) is 0 Å². The van der Waals surface area contributed by atoms with E-state index < -0.39 is 0 Å². The standard InChI is InChI=1S/C17H25N2O3/c20-13-15-4-3-11-19(10-2-1-5-17(15)19)12-14-6-8-16(9-7-14)18(21)22/h6-9,15,17,20H,1-5,10-13H2/q+1/t15-,17-,19?/m0/s1. The summed E-state index contributed by atoms with van der Waals surface area (Å²) in [6.07, 6.45) is 6.04. The average Bonchev–Trinajstić information content (AvgIpc) is 2.54. The summed E-state index contributed by atoms with van der Waals surface area (Å²) in [5, 5.41) is 20.5. The van der Waals surface area contributed by atoms with Gasteiger partial charge in [-0.2, -0.15) is 0 Å². The van der Waals surface area contributed by atoms with E-state index in [1.165, 1.54) is 44.3 Å². The third kappa shape index (κ3) is 2.88. The molecule has 0 aliphatic carbocycles. The van der Waals surface area contributed by atoms with Gasteiger partial charge in [0.2, 0.25) is 0 Å². The topological polar surface area (TPSA) is 63.4 Å². The summed E-state index contributed by atoms with van der Waals surface area (Å²) in [6.45, 7) is 3.60. The lowest BCUT2D eigenvalue weighted by atomic mass is 9.81. The molecule has 5 heteroatoms. The number of nitrogens with zero attached hydrogens (tertiary/aromatic N) is 2. The van der Waals surface area contributed by atoms with Gasteiger partial charge in [-0.1, -0.05) is 0 Å². The molecule has 2 fully saturated rings. The number of non-ortho nitro benzene ring substituents is 1. The van der Waals surface area contributed by atoms with Crippen LogP contribution in [0.2, 0.25) is 0 Å². The highest BCUT2D eigenvalue weighted by Gasteiger charge is 2.46. The van der Waals surface area contributed by atoms with Crippen molar-refractivity contribution >= 4 is 5.69 Å². The number of fused-ring (bicyclic) bond motifs is 1. The van der Waals surface area contributed by atoms with E-state index in [1.54, 1.807) is 12.1 Å². The van der Waals surface area contributed by atoms with Crippen LogP contribution >= 0.6 is 0 Å². The Labute approximate surface area is 131 Å². The Morgan fingerprint density at radius 3 is 2.55 bits per heavy atom. The molecule has 5 nitrogen and oxygen atoms in total. The first kappa shape index (κ1) is 15.4. The fraction of sp³-hybridized carbons (Fsp3) is 0.647. The van der Waals surface area contributed by atoms with Crippen molar-refractivity contribution in [1.82, 2.24) is 0 Å². The minimum absolute atomic E-state index is 0.158. The lowest BCUT2D eigenvalue weighted by Gasteiger charge is -2.53. The average molecular weight is 305 g/mol. The summed E-state index contributed by atoms with van der Waals surface area (Å²) in [6, 6.07) is 7.58. The van der Waals surface area contributed by atoms with Crippen molar-refractivity contribution in [1.29, 1.82) is 0 Å². The lowest BCUT2D eigenvalue weighted by Crippen LogP contribution is -2.63. The highest BCUT2D eigenvalue weighted by molar-refractivity contribution is 5.32. The van der Waals surface area contributed by atoms with Crippen LogP contribution in [-0.2, 0) is 6.54 Å². The summed E-state index contributed by atoms with van der Waals surface area (Å²) in [4.78, 5) is 10.4. The maximum absolute atomic E-state index is 10.8. The summed E-state index contributed by atoms with van der Waals surface area (Å²) < 4.78 is 1.07. The first-order chi connectivity index (χ1) is 10.6. The van der Waals surface area contributed by atoms with Gasteiger partial charge in [0.15, 0.2) is 0 Å². The fourth-order valence-electron chi connectivity index (χ4n) is 4.62. The van der Waals surface area contributed by atoms with Crippen LogP contribution in [-0.4, -0.2) is 40.3 Å². The van der Waals surface area contributed by atoms with Gasteiger partial charge in [-0.25, -0.2) is 0 Å². The molecular formula is C17H25N2O3+. The van der Waals surface area contributed by atoms with Gasteiger partial charge < -0.3 is 9.59 Å². The van der Waals surface area contributed by atoms with Gasteiger partial charge in [0, 0.05) is 30.0 Å². The number of nitro groups is 1. The molecule has 0 amide bonds. The zero-order chi connectivity index (χ0) is 15.6. The Morgan fingerprint density at radius 1 is 1.14 bits per heavy atom. The zero-order valence-electron chi connectivity index (χ0n) is 13.0. The Bertz CT molecular complexity index is 527. The fourth-order valence-corrected chi connectivity index (χ4v) is 4.62. The number of quaternary nitrogens is 1. The molecule has 1 N–H and O–H groups in total. The van der Waals surface area contributed by atoms with E-state index in [9.17, 15) is 15.2 Å². The van der Waals surface area contributed by atoms with E-state index >= 15 is 0 Å². The SMILES string of the molecule is O=[N+]([O-])c1ccc(C[N+]23CCCC[C@H]2[C@H](CO)CCC3)cc1. The molecule has 1 aromatic carbocycles. The molecule has 2 heterocycles. The molecule has 0 bridgehead atoms. The Balaban J connectivity index is 1.82. The molecule has 120 valence electrons. The molecule has 1 unspecified atom stereocenters. The number of nitro benzene ring substituents is 1. The second kappa shape index (κ2) is 6.34. The minimum atomic E-state index is -0.345. The van der Waals surface area contributed by atoms with E-state index in [-0.39, 0.29) is 10.6 Å². The highest BCUT2D eigenvalue weighted by atomic mass is 16.6. The first-order valence-electron chi connectivity index (χ1n) is 8.34. The molecule has 2 aliphatic heterocycles. The zero-order valence-corrected chi connectivity index (χ0v) is 13.0. The summed E-state index contributed by atoms with van der Waals surface area (Å²) in [7, 11) is 0. The van der Waals surface area contributed by atoms with Crippen LogP contribution < -0.4 is 0 Å². The van der Waals surface area contributed by atoms with Crippen LogP contribution in [0.25, 0.3) is 0 Å². The van der Waals surface area contributed by atoms with Crippen molar-refractivity contribution in [3.05, 3.63) is 39.9 Å². The molecular weight excluding hydrogens is 280 g/mol. The lowest BCUT2D eigenvalue weighted by molar-refractivity contribution is -0.976. The molecule has 0 aromatic heterocycles. The summed E-state index contributed by atoms with van der Waals surface area (Å²) in [5.41, 5.74) is 1.34. The Hall–Kier alpha value is -1.46. The molecule has 2 saturated heterocycles. The van der Waals surface area contributed by atoms with Crippen molar-refractivity contribution < 1.29 is 14.5 Å². The monoisotopic (exact) mass is 305 g/mol. The number of benzene rings is 1. The predicted molar refractivity (Wildman–Crippen MR) is 84.2 cm³/mol. The van der Waals surface area contributed by atoms with Crippen LogP contribution in [0.15, 0.2) is 24.3 Å². The maximum atomic E-state index is 10.8. The van der Waals surface area contributed by atoms with Crippen molar-refractivity contribution in [3.8, 4) is 0 Å². The Morgan fingerprint density at radius 2 is 1.86 bits per heavy atom. The third-order valence-corrected chi connectivity index (χ3v) is 5.66. The second-order valence-corrected chi connectivity index (χ2v) is 6.90. The van der Waals surface area contributed by atoms with Gasteiger partial charge in [0.25, 0.3) is 5.69 Å². The normalized spacial score (nSPS) is 31.5. The quantitative estimate of drug-likeness (QED) is 0.528. The van der Waals surface area contributed by atoms with Crippen LogP contribution in [0.1, 0.15) is 37.7 Å². The number of rotatable bonds is 4. The van der Waals surface area contributed by atoms with Gasteiger partial charge in [0.05, 0.1) is 30.7 Å². The van der Waals surface area contributed by atoms with E-state index in [0.717, 1.165) is 17.4 Å². The number of hydrogen-bond donors (Lipinski definition) is 1. The van der Waals surface area contributed by atoms with Crippen molar-refractivity contribution in [2.45, 2.75) is 44.7 Å². The van der Waals surface area contributed by atoms with Crippen LogP contribution in [0.5, 0.6) is 0 Å². The molecule has 3 atom stereocenters. The van der Waals surface area contributed by atoms with Crippen molar-refractivity contribution in [3.63, 3.8) is 0 Å². The molecule has 0 radical (unpaired) electrons.